The molecular weight excluding hydrogens is 154 g/mol. The van der Waals surface area contributed by atoms with Gasteiger partial charge in [-0.25, -0.2) is 4.98 Å². The van der Waals surface area contributed by atoms with Crippen molar-refractivity contribution >= 4 is 5.82 Å². The van der Waals surface area contributed by atoms with Gasteiger partial charge in [-0.3, -0.25) is 0 Å². The number of methoxy groups -OCH3 is 1. The summed E-state index contributed by atoms with van der Waals surface area (Å²) in [4.78, 5) is 10.1. The van der Waals surface area contributed by atoms with Gasteiger partial charge in [0.25, 0.3) is 0 Å². The van der Waals surface area contributed by atoms with Crippen LogP contribution >= 0.6 is 0 Å². The second-order valence-corrected chi connectivity index (χ2v) is 2.76. The SMILES string of the molecule is COc1ncc(C)c(N(C)C)n1. The zero-order chi connectivity index (χ0) is 9.14. The maximum Gasteiger partial charge on any atom is 0.318 e. The van der Waals surface area contributed by atoms with Crippen molar-refractivity contribution in [1.82, 2.24) is 9.97 Å². The van der Waals surface area contributed by atoms with E-state index in [2.05, 4.69) is 9.97 Å². The molecule has 4 heteroatoms. The molecular formula is C8H13N3O. The van der Waals surface area contributed by atoms with E-state index in [1.165, 1.54) is 0 Å². The zero-order valence-electron chi connectivity index (χ0n) is 7.83. The van der Waals surface area contributed by atoms with Crippen molar-refractivity contribution in [2.24, 2.45) is 0 Å². The van der Waals surface area contributed by atoms with E-state index in [0.29, 0.717) is 6.01 Å². The molecule has 0 aromatic carbocycles. The molecule has 0 amide bonds. The molecule has 1 aromatic rings. The van der Waals surface area contributed by atoms with Crippen LogP contribution in [0.25, 0.3) is 0 Å². The highest BCUT2D eigenvalue weighted by molar-refractivity contribution is 5.44. The maximum absolute atomic E-state index is 4.91. The summed E-state index contributed by atoms with van der Waals surface area (Å²) in [7, 11) is 5.44. The van der Waals surface area contributed by atoms with Gasteiger partial charge in [0.05, 0.1) is 7.11 Å². The van der Waals surface area contributed by atoms with Gasteiger partial charge < -0.3 is 9.64 Å². The van der Waals surface area contributed by atoms with E-state index >= 15 is 0 Å². The lowest BCUT2D eigenvalue weighted by molar-refractivity contribution is 0.379. The van der Waals surface area contributed by atoms with Crippen LogP contribution in [-0.2, 0) is 0 Å². The van der Waals surface area contributed by atoms with Crippen LogP contribution in [0.4, 0.5) is 5.82 Å². The van der Waals surface area contributed by atoms with Gasteiger partial charge in [-0.1, -0.05) is 0 Å². The highest BCUT2D eigenvalue weighted by Crippen LogP contribution is 2.15. The van der Waals surface area contributed by atoms with Gasteiger partial charge in [0.2, 0.25) is 0 Å². The Morgan fingerprint density at radius 2 is 2.08 bits per heavy atom. The Morgan fingerprint density at radius 1 is 1.42 bits per heavy atom. The number of hydrogen-bond acceptors (Lipinski definition) is 4. The number of anilines is 1. The molecule has 0 aliphatic carbocycles. The molecule has 0 atom stereocenters. The highest BCUT2D eigenvalue weighted by atomic mass is 16.5. The lowest BCUT2D eigenvalue weighted by atomic mass is 10.3. The monoisotopic (exact) mass is 167 g/mol. The summed E-state index contributed by atoms with van der Waals surface area (Å²) >= 11 is 0. The van der Waals surface area contributed by atoms with E-state index in [1.54, 1.807) is 13.3 Å². The minimum atomic E-state index is 0.407. The molecule has 0 N–H and O–H groups in total. The number of nitrogens with zero attached hydrogens (tertiary/aromatic N) is 3. The van der Waals surface area contributed by atoms with Crippen LogP contribution in [0.3, 0.4) is 0 Å². The molecule has 1 heterocycles. The van der Waals surface area contributed by atoms with E-state index in [9.17, 15) is 0 Å². The normalized spacial score (nSPS) is 9.67. The Balaban J connectivity index is 3.08. The van der Waals surface area contributed by atoms with Gasteiger partial charge in [0.1, 0.15) is 5.82 Å². The zero-order valence-corrected chi connectivity index (χ0v) is 7.83. The summed E-state index contributed by atoms with van der Waals surface area (Å²) in [5, 5.41) is 0. The summed E-state index contributed by atoms with van der Waals surface area (Å²) in [6.07, 6.45) is 1.75. The number of hydrogen-bond donors (Lipinski definition) is 0. The van der Waals surface area contributed by atoms with E-state index < -0.39 is 0 Å². The number of rotatable bonds is 2. The van der Waals surface area contributed by atoms with Crippen LogP contribution in [-0.4, -0.2) is 31.2 Å². The number of aryl methyl sites for hydroxylation is 1. The van der Waals surface area contributed by atoms with Gasteiger partial charge in [-0.05, 0) is 6.92 Å². The van der Waals surface area contributed by atoms with Gasteiger partial charge in [-0.2, -0.15) is 4.98 Å². The summed E-state index contributed by atoms with van der Waals surface area (Å²) in [6, 6.07) is 0.407. The van der Waals surface area contributed by atoms with Crippen LogP contribution in [0.2, 0.25) is 0 Å². The third-order valence-electron chi connectivity index (χ3n) is 1.53. The fourth-order valence-corrected chi connectivity index (χ4v) is 0.968. The van der Waals surface area contributed by atoms with Crippen LogP contribution < -0.4 is 9.64 Å². The van der Waals surface area contributed by atoms with Crippen molar-refractivity contribution in [1.29, 1.82) is 0 Å². The molecule has 4 nitrogen and oxygen atoms in total. The van der Waals surface area contributed by atoms with Crippen LogP contribution in [0.15, 0.2) is 6.20 Å². The average molecular weight is 167 g/mol. The molecule has 1 aromatic heterocycles. The predicted octanol–water partition coefficient (Wildman–Crippen LogP) is 0.860. The summed E-state index contributed by atoms with van der Waals surface area (Å²) in [6.45, 7) is 1.97. The Morgan fingerprint density at radius 3 is 2.58 bits per heavy atom. The summed E-state index contributed by atoms with van der Waals surface area (Å²) in [5.74, 6) is 0.891. The molecule has 0 radical (unpaired) electrons. The quantitative estimate of drug-likeness (QED) is 0.654. The van der Waals surface area contributed by atoms with Crippen LogP contribution in [0, 0.1) is 6.92 Å². The van der Waals surface area contributed by atoms with E-state index in [-0.39, 0.29) is 0 Å². The lowest BCUT2D eigenvalue weighted by Crippen LogP contribution is -2.13. The van der Waals surface area contributed by atoms with Gasteiger partial charge in [-0.15, -0.1) is 0 Å². The first-order valence-electron chi connectivity index (χ1n) is 3.70. The maximum atomic E-state index is 4.91. The number of aromatic nitrogens is 2. The second-order valence-electron chi connectivity index (χ2n) is 2.76. The average Bonchev–Trinajstić information content (AvgIpc) is 2.05. The van der Waals surface area contributed by atoms with Crippen molar-refractivity contribution in [2.75, 3.05) is 26.1 Å². The van der Waals surface area contributed by atoms with Gasteiger partial charge >= 0.3 is 6.01 Å². The fourth-order valence-electron chi connectivity index (χ4n) is 0.968. The van der Waals surface area contributed by atoms with Crippen molar-refractivity contribution < 1.29 is 4.74 Å². The topological polar surface area (TPSA) is 38.2 Å². The first-order valence-corrected chi connectivity index (χ1v) is 3.70. The van der Waals surface area contributed by atoms with Crippen LogP contribution in [0.1, 0.15) is 5.56 Å². The molecule has 0 bridgehead atoms. The Hall–Kier alpha value is -1.32. The van der Waals surface area contributed by atoms with Crippen LogP contribution in [0.5, 0.6) is 6.01 Å². The Kier molecular flexibility index (Phi) is 2.47. The third kappa shape index (κ3) is 1.64. The standard InChI is InChI=1S/C8H13N3O/c1-6-5-9-8(12-4)10-7(6)11(2)3/h5H,1-4H3. The van der Waals surface area contributed by atoms with E-state index in [0.717, 1.165) is 11.4 Å². The second kappa shape index (κ2) is 3.38. The minimum absolute atomic E-state index is 0.407. The first kappa shape index (κ1) is 8.77. The Bertz CT molecular complexity index is 273. The molecule has 1 rings (SSSR count). The molecule has 0 aliphatic rings. The molecule has 0 spiro atoms. The van der Waals surface area contributed by atoms with Crippen molar-refractivity contribution in [2.45, 2.75) is 6.92 Å². The van der Waals surface area contributed by atoms with Crippen molar-refractivity contribution in [3.63, 3.8) is 0 Å². The molecule has 0 fully saturated rings. The van der Waals surface area contributed by atoms with Crippen molar-refractivity contribution in [3.8, 4) is 6.01 Å². The van der Waals surface area contributed by atoms with Crippen molar-refractivity contribution in [3.05, 3.63) is 11.8 Å². The molecule has 66 valence electrons. The highest BCUT2D eigenvalue weighted by Gasteiger charge is 2.04. The predicted molar refractivity (Wildman–Crippen MR) is 47.6 cm³/mol. The lowest BCUT2D eigenvalue weighted by Gasteiger charge is -2.13. The molecule has 0 unspecified atom stereocenters. The summed E-state index contributed by atoms with van der Waals surface area (Å²) in [5.41, 5.74) is 1.04. The molecule has 0 saturated heterocycles. The molecule has 0 aliphatic heterocycles. The molecule has 12 heavy (non-hydrogen) atoms. The van der Waals surface area contributed by atoms with Gasteiger partial charge in [0.15, 0.2) is 0 Å². The third-order valence-corrected chi connectivity index (χ3v) is 1.53. The minimum Gasteiger partial charge on any atom is -0.467 e. The fraction of sp³-hybridized carbons (Fsp3) is 0.500. The number of ether oxygens (including phenoxy) is 1. The van der Waals surface area contributed by atoms with E-state index in [4.69, 9.17) is 4.74 Å². The van der Waals surface area contributed by atoms with Gasteiger partial charge in [0, 0.05) is 25.9 Å². The van der Waals surface area contributed by atoms with E-state index in [1.807, 2.05) is 25.9 Å². The Labute approximate surface area is 72.2 Å². The summed E-state index contributed by atoms with van der Waals surface area (Å²) < 4.78 is 4.91. The molecule has 0 saturated carbocycles. The smallest absolute Gasteiger partial charge is 0.318 e. The largest absolute Gasteiger partial charge is 0.467 e. The first-order chi connectivity index (χ1) is 5.65.